The molecule has 0 aliphatic heterocycles. The van der Waals surface area contributed by atoms with Gasteiger partial charge >= 0.3 is 0 Å². The van der Waals surface area contributed by atoms with Crippen LogP contribution in [-0.4, -0.2) is 10.8 Å². The fourth-order valence-corrected chi connectivity index (χ4v) is 1.39. The van der Waals surface area contributed by atoms with Crippen molar-refractivity contribution in [3.8, 4) is 0 Å². The summed E-state index contributed by atoms with van der Waals surface area (Å²) in [5.74, 6) is -0.0400. The fraction of sp³-hybridized carbons (Fsp3) is 0. The number of benzene rings is 1. The Hall–Kier alpha value is -2.42. The van der Waals surface area contributed by atoms with E-state index in [0.717, 1.165) is 5.56 Å². The summed E-state index contributed by atoms with van der Waals surface area (Å²) < 4.78 is 0. The van der Waals surface area contributed by atoms with Gasteiger partial charge in [0, 0.05) is 23.6 Å². The summed E-state index contributed by atoms with van der Waals surface area (Å²) in [4.78, 5) is 15.7. The van der Waals surface area contributed by atoms with Crippen LogP contribution in [0.2, 0.25) is 0 Å². The van der Waals surface area contributed by atoms with E-state index in [0.29, 0.717) is 11.3 Å². The number of ketones is 1. The highest BCUT2D eigenvalue weighted by Crippen LogP contribution is 2.08. The van der Waals surface area contributed by atoms with Crippen LogP contribution in [0.1, 0.15) is 15.9 Å². The van der Waals surface area contributed by atoms with Crippen molar-refractivity contribution in [2.45, 2.75) is 0 Å². The highest BCUT2D eigenvalue weighted by molar-refractivity contribution is 6.06. The van der Waals surface area contributed by atoms with Crippen LogP contribution in [-0.2, 0) is 0 Å². The zero-order valence-electron chi connectivity index (χ0n) is 9.21. The average Bonchev–Trinajstić information content (AvgIpc) is 2.38. The largest absolute Gasteiger partial charge is 0.399 e. The van der Waals surface area contributed by atoms with E-state index in [-0.39, 0.29) is 5.78 Å². The van der Waals surface area contributed by atoms with Gasteiger partial charge in [-0.15, -0.1) is 0 Å². The number of hydrogen-bond donors (Lipinski definition) is 1. The van der Waals surface area contributed by atoms with Crippen LogP contribution in [0.4, 0.5) is 5.69 Å². The predicted molar refractivity (Wildman–Crippen MR) is 68.5 cm³/mol. The topological polar surface area (TPSA) is 56.0 Å². The van der Waals surface area contributed by atoms with Gasteiger partial charge in [0.2, 0.25) is 0 Å². The number of nitrogens with zero attached hydrogens (tertiary/aromatic N) is 1. The summed E-state index contributed by atoms with van der Waals surface area (Å²) in [5.41, 5.74) is 7.79. The molecule has 0 aliphatic carbocycles. The molecule has 0 spiro atoms. The van der Waals surface area contributed by atoms with E-state index < -0.39 is 0 Å². The van der Waals surface area contributed by atoms with Gasteiger partial charge in [-0.1, -0.05) is 6.08 Å². The lowest BCUT2D eigenvalue weighted by Gasteiger charge is -1.96. The Bertz CT molecular complexity index is 530. The minimum absolute atomic E-state index is 0.0400. The summed E-state index contributed by atoms with van der Waals surface area (Å²) in [6.45, 7) is 0. The van der Waals surface area contributed by atoms with Gasteiger partial charge < -0.3 is 5.73 Å². The van der Waals surface area contributed by atoms with Crippen LogP contribution < -0.4 is 5.73 Å². The van der Waals surface area contributed by atoms with Gasteiger partial charge in [0.05, 0.1) is 0 Å². The number of hydrogen-bond acceptors (Lipinski definition) is 3. The molecule has 0 bridgehead atoms. The van der Waals surface area contributed by atoms with Crippen molar-refractivity contribution in [1.29, 1.82) is 0 Å². The first kappa shape index (κ1) is 11.1. The average molecular weight is 224 g/mol. The first-order valence-electron chi connectivity index (χ1n) is 5.24. The van der Waals surface area contributed by atoms with Gasteiger partial charge in [-0.05, 0) is 48.0 Å². The van der Waals surface area contributed by atoms with E-state index in [9.17, 15) is 4.79 Å². The number of rotatable bonds is 3. The van der Waals surface area contributed by atoms with Crippen LogP contribution in [0.3, 0.4) is 0 Å². The molecule has 2 N–H and O–H groups in total. The predicted octanol–water partition coefficient (Wildman–Crippen LogP) is 2.56. The Morgan fingerprint density at radius 1 is 1.06 bits per heavy atom. The molecule has 1 heterocycles. The smallest absolute Gasteiger partial charge is 0.185 e. The first-order valence-corrected chi connectivity index (χ1v) is 5.24. The Kier molecular flexibility index (Phi) is 3.31. The zero-order chi connectivity index (χ0) is 12.1. The molecule has 84 valence electrons. The van der Waals surface area contributed by atoms with Crippen LogP contribution >= 0.6 is 0 Å². The molecule has 0 saturated carbocycles. The van der Waals surface area contributed by atoms with Crippen LogP contribution in [0.25, 0.3) is 6.08 Å². The Balaban J connectivity index is 2.12. The number of nitrogen functional groups attached to an aromatic ring is 1. The third-order valence-corrected chi connectivity index (χ3v) is 2.33. The maximum atomic E-state index is 11.8. The van der Waals surface area contributed by atoms with Crippen molar-refractivity contribution in [2.24, 2.45) is 0 Å². The number of allylic oxidation sites excluding steroid dienone is 1. The van der Waals surface area contributed by atoms with Crippen molar-refractivity contribution < 1.29 is 4.79 Å². The normalized spacial score (nSPS) is 10.6. The molecule has 2 rings (SSSR count). The molecule has 1 aromatic carbocycles. The molecule has 0 unspecified atom stereocenters. The molecule has 17 heavy (non-hydrogen) atoms. The van der Waals surface area contributed by atoms with Gasteiger partial charge in [0.25, 0.3) is 0 Å². The lowest BCUT2D eigenvalue weighted by molar-refractivity contribution is 0.104. The third kappa shape index (κ3) is 3.01. The van der Waals surface area contributed by atoms with E-state index in [1.807, 2.05) is 12.1 Å². The highest BCUT2D eigenvalue weighted by Gasteiger charge is 2.00. The third-order valence-electron chi connectivity index (χ3n) is 2.33. The molecule has 2 aromatic rings. The summed E-state index contributed by atoms with van der Waals surface area (Å²) in [7, 11) is 0. The Morgan fingerprint density at radius 3 is 2.35 bits per heavy atom. The second kappa shape index (κ2) is 5.07. The van der Waals surface area contributed by atoms with Crippen molar-refractivity contribution in [2.75, 3.05) is 5.73 Å². The lowest BCUT2D eigenvalue weighted by Crippen LogP contribution is -1.94. The van der Waals surface area contributed by atoms with Gasteiger partial charge in [0.1, 0.15) is 0 Å². The second-order valence-corrected chi connectivity index (χ2v) is 3.60. The van der Waals surface area contributed by atoms with Crippen molar-refractivity contribution >= 4 is 17.5 Å². The standard InChI is InChI=1S/C14H12N2O/c15-13-4-2-12(3-5-13)14(17)6-1-11-7-9-16-10-8-11/h1-10H,15H2. The molecule has 3 heteroatoms. The highest BCUT2D eigenvalue weighted by atomic mass is 16.1. The molecule has 0 atom stereocenters. The number of pyridine rings is 1. The number of aromatic nitrogens is 1. The molecular weight excluding hydrogens is 212 g/mol. The van der Waals surface area contributed by atoms with E-state index in [1.54, 1.807) is 48.8 Å². The maximum absolute atomic E-state index is 11.8. The molecule has 0 saturated heterocycles. The Morgan fingerprint density at radius 2 is 1.71 bits per heavy atom. The quantitative estimate of drug-likeness (QED) is 0.495. The van der Waals surface area contributed by atoms with Gasteiger partial charge in [-0.25, -0.2) is 0 Å². The summed E-state index contributed by atoms with van der Waals surface area (Å²) >= 11 is 0. The van der Waals surface area contributed by atoms with Crippen molar-refractivity contribution in [1.82, 2.24) is 4.98 Å². The molecule has 1 aromatic heterocycles. The van der Waals surface area contributed by atoms with Crippen molar-refractivity contribution in [3.63, 3.8) is 0 Å². The summed E-state index contributed by atoms with van der Waals surface area (Å²) in [5, 5.41) is 0. The van der Waals surface area contributed by atoms with E-state index in [2.05, 4.69) is 4.98 Å². The van der Waals surface area contributed by atoms with E-state index in [4.69, 9.17) is 5.73 Å². The second-order valence-electron chi connectivity index (χ2n) is 3.60. The minimum atomic E-state index is -0.0400. The first-order chi connectivity index (χ1) is 8.25. The monoisotopic (exact) mass is 224 g/mol. The zero-order valence-corrected chi connectivity index (χ0v) is 9.21. The van der Waals surface area contributed by atoms with Gasteiger partial charge in [-0.2, -0.15) is 0 Å². The number of carbonyl (C=O) groups excluding carboxylic acids is 1. The van der Waals surface area contributed by atoms with Crippen LogP contribution in [0, 0.1) is 0 Å². The molecule has 0 amide bonds. The van der Waals surface area contributed by atoms with Gasteiger partial charge in [0.15, 0.2) is 5.78 Å². The Labute approximate surface area is 99.6 Å². The molecule has 3 nitrogen and oxygen atoms in total. The summed E-state index contributed by atoms with van der Waals surface area (Å²) in [6, 6.07) is 10.5. The maximum Gasteiger partial charge on any atom is 0.185 e. The van der Waals surface area contributed by atoms with Crippen molar-refractivity contribution in [3.05, 3.63) is 66.0 Å². The molecule has 0 fully saturated rings. The number of nitrogens with two attached hydrogens (primary N) is 1. The fourth-order valence-electron chi connectivity index (χ4n) is 1.39. The van der Waals surface area contributed by atoms with E-state index >= 15 is 0 Å². The van der Waals surface area contributed by atoms with Crippen LogP contribution in [0.5, 0.6) is 0 Å². The van der Waals surface area contributed by atoms with Crippen LogP contribution in [0.15, 0.2) is 54.9 Å². The SMILES string of the molecule is Nc1ccc(C(=O)C=Cc2ccncc2)cc1. The van der Waals surface area contributed by atoms with Gasteiger partial charge in [-0.3, -0.25) is 9.78 Å². The van der Waals surface area contributed by atoms with E-state index in [1.165, 1.54) is 0 Å². The number of carbonyl (C=O) groups is 1. The molecule has 0 radical (unpaired) electrons. The molecular formula is C14H12N2O. The summed E-state index contributed by atoms with van der Waals surface area (Å²) in [6.07, 6.45) is 6.68. The number of anilines is 1. The molecule has 0 aliphatic rings. The lowest BCUT2D eigenvalue weighted by atomic mass is 10.1. The minimum Gasteiger partial charge on any atom is -0.399 e.